The molecule has 0 aliphatic heterocycles. The average molecular weight is 349 g/mol. The van der Waals surface area contributed by atoms with Crippen molar-refractivity contribution in [2.75, 3.05) is 52.5 Å². The molecule has 0 amide bonds. The van der Waals surface area contributed by atoms with E-state index in [-0.39, 0.29) is 0 Å². The van der Waals surface area contributed by atoms with Crippen LogP contribution in [0.4, 0.5) is 0 Å². The first kappa shape index (κ1) is 23.0. The van der Waals surface area contributed by atoms with E-state index in [1.54, 1.807) is 0 Å². The lowest BCUT2D eigenvalue weighted by molar-refractivity contribution is 0.0708. The lowest BCUT2D eigenvalue weighted by Crippen LogP contribution is -2.46. The number of nitrogens with one attached hydrogen (secondary N) is 1. The minimum Gasteiger partial charge on any atom is -0.374 e. The Morgan fingerprint density at radius 1 is 0.739 bits per heavy atom. The van der Waals surface area contributed by atoms with Crippen LogP contribution in [0.1, 0.15) is 53.9 Å². The fourth-order valence-corrected chi connectivity index (χ4v) is 5.37. The summed E-state index contributed by atoms with van der Waals surface area (Å²) in [4.78, 5) is 2.53. The van der Waals surface area contributed by atoms with Gasteiger partial charge in [0, 0.05) is 39.0 Å². The van der Waals surface area contributed by atoms with Crippen LogP contribution < -0.4 is 5.32 Å². The molecule has 0 heterocycles. The second-order valence-corrected chi connectivity index (χ2v) is 8.41. The van der Waals surface area contributed by atoms with Crippen molar-refractivity contribution in [3.63, 3.8) is 0 Å². The summed E-state index contributed by atoms with van der Waals surface area (Å²) in [5.41, 5.74) is 0. The molecule has 0 saturated heterocycles. The van der Waals surface area contributed by atoms with Gasteiger partial charge < -0.3 is 23.5 Å². The van der Waals surface area contributed by atoms with Crippen LogP contribution in [0.25, 0.3) is 0 Å². The molecule has 0 spiro atoms. The van der Waals surface area contributed by atoms with Gasteiger partial charge in [-0.25, -0.2) is 0 Å². The molecule has 5 nitrogen and oxygen atoms in total. The van der Waals surface area contributed by atoms with E-state index in [9.17, 15) is 0 Å². The number of hydrogen-bond acceptors (Lipinski definition) is 5. The molecule has 140 valence electrons. The van der Waals surface area contributed by atoms with Crippen molar-refractivity contribution in [1.82, 2.24) is 10.2 Å². The smallest absolute Gasteiger partial charge is 0.374 e. The molecule has 0 aromatic rings. The van der Waals surface area contributed by atoms with Crippen LogP contribution in [0, 0.1) is 0 Å². The number of rotatable bonds is 17. The molecule has 0 radical (unpaired) electrons. The van der Waals surface area contributed by atoms with Gasteiger partial charge in [-0.2, -0.15) is 0 Å². The third kappa shape index (κ3) is 11.2. The summed E-state index contributed by atoms with van der Waals surface area (Å²) in [5, 5.41) is 3.55. The Bertz CT molecular complexity index is 235. The van der Waals surface area contributed by atoms with Crippen LogP contribution in [0.15, 0.2) is 0 Å². The van der Waals surface area contributed by atoms with E-state index in [4.69, 9.17) is 13.3 Å². The topological polar surface area (TPSA) is 43.0 Å². The summed E-state index contributed by atoms with van der Waals surface area (Å²) in [6, 6.07) is 0.892. The number of hydrogen-bond donors (Lipinski definition) is 1. The zero-order chi connectivity index (χ0) is 17.4. The van der Waals surface area contributed by atoms with Gasteiger partial charge in [0.1, 0.15) is 0 Å². The van der Waals surface area contributed by atoms with Gasteiger partial charge in [-0.15, -0.1) is 0 Å². The number of nitrogens with zero attached hydrogens (tertiary/aromatic N) is 1. The van der Waals surface area contributed by atoms with Gasteiger partial charge in [-0.1, -0.05) is 13.8 Å². The predicted molar refractivity (Wildman–Crippen MR) is 99.9 cm³/mol. The molecule has 0 aliphatic rings. The van der Waals surface area contributed by atoms with E-state index in [1.807, 2.05) is 20.8 Å². The van der Waals surface area contributed by atoms with Crippen LogP contribution in [0.5, 0.6) is 0 Å². The fourth-order valence-electron chi connectivity index (χ4n) is 2.76. The monoisotopic (exact) mass is 348 g/mol. The maximum atomic E-state index is 5.88. The zero-order valence-electron chi connectivity index (χ0n) is 16.2. The van der Waals surface area contributed by atoms with E-state index in [1.165, 1.54) is 25.9 Å². The van der Waals surface area contributed by atoms with E-state index < -0.39 is 8.80 Å². The largest absolute Gasteiger partial charge is 0.500 e. The first-order chi connectivity index (χ1) is 11.2. The average Bonchev–Trinajstić information content (AvgIpc) is 2.52. The van der Waals surface area contributed by atoms with Crippen LogP contribution in [0.2, 0.25) is 6.04 Å². The summed E-state index contributed by atoms with van der Waals surface area (Å²) in [6.45, 7) is 18.1. The van der Waals surface area contributed by atoms with Crippen molar-refractivity contribution in [1.29, 1.82) is 0 Å². The summed E-state index contributed by atoms with van der Waals surface area (Å²) < 4.78 is 17.6. The molecule has 0 aromatic carbocycles. The van der Waals surface area contributed by atoms with Gasteiger partial charge in [0.2, 0.25) is 0 Å². The minimum absolute atomic E-state index is 0.655. The van der Waals surface area contributed by atoms with Crippen molar-refractivity contribution >= 4 is 8.80 Å². The van der Waals surface area contributed by atoms with Crippen LogP contribution in [-0.2, 0) is 13.3 Å². The van der Waals surface area contributed by atoms with Gasteiger partial charge >= 0.3 is 8.80 Å². The summed E-state index contributed by atoms with van der Waals surface area (Å²) in [5.74, 6) is 0. The van der Waals surface area contributed by atoms with Crippen LogP contribution >= 0.6 is 0 Å². The van der Waals surface area contributed by atoms with Gasteiger partial charge in [-0.05, 0) is 59.7 Å². The predicted octanol–water partition coefficient (Wildman–Crippen LogP) is 3.14. The molecule has 0 fully saturated rings. The molecule has 0 saturated carbocycles. The van der Waals surface area contributed by atoms with Gasteiger partial charge in [0.25, 0.3) is 0 Å². The Labute approximate surface area is 145 Å². The van der Waals surface area contributed by atoms with Crippen LogP contribution in [0.3, 0.4) is 0 Å². The third-order valence-electron chi connectivity index (χ3n) is 3.61. The van der Waals surface area contributed by atoms with Crippen molar-refractivity contribution in [2.45, 2.75) is 59.9 Å². The Kier molecular flexibility index (Phi) is 15.6. The van der Waals surface area contributed by atoms with Crippen molar-refractivity contribution < 1.29 is 13.3 Å². The fraction of sp³-hybridized carbons (Fsp3) is 1.00. The SMILES string of the molecule is CCCN(CCC)CCNCCC[Si](OCC)(OCC)OCC. The Morgan fingerprint density at radius 3 is 1.70 bits per heavy atom. The highest BCUT2D eigenvalue weighted by molar-refractivity contribution is 6.60. The van der Waals surface area contributed by atoms with E-state index in [0.717, 1.165) is 32.1 Å². The molecule has 1 N–H and O–H groups in total. The van der Waals surface area contributed by atoms with Crippen molar-refractivity contribution in [2.24, 2.45) is 0 Å². The zero-order valence-corrected chi connectivity index (χ0v) is 17.2. The normalized spacial score (nSPS) is 12.3. The summed E-state index contributed by atoms with van der Waals surface area (Å²) in [6.07, 6.45) is 3.49. The second-order valence-electron chi connectivity index (χ2n) is 5.68. The van der Waals surface area contributed by atoms with Gasteiger partial charge in [-0.3, -0.25) is 0 Å². The minimum atomic E-state index is -2.45. The highest BCUT2D eigenvalue weighted by Crippen LogP contribution is 2.17. The molecule has 0 aliphatic carbocycles. The lowest BCUT2D eigenvalue weighted by atomic mass is 10.3. The molecule has 0 rings (SSSR count). The molecule has 0 atom stereocenters. The Hall–Kier alpha value is 0.0169. The molecule has 0 aromatic heterocycles. The van der Waals surface area contributed by atoms with Crippen LogP contribution in [-0.4, -0.2) is 66.2 Å². The van der Waals surface area contributed by atoms with E-state index in [2.05, 4.69) is 24.1 Å². The van der Waals surface area contributed by atoms with E-state index in [0.29, 0.717) is 19.8 Å². The Morgan fingerprint density at radius 2 is 1.26 bits per heavy atom. The second kappa shape index (κ2) is 15.5. The van der Waals surface area contributed by atoms with Gasteiger partial charge in [0.15, 0.2) is 0 Å². The van der Waals surface area contributed by atoms with E-state index >= 15 is 0 Å². The maximum Gasteiger partial charge on any atom is 0.500 e. The molecule has 0 unspecified atom stereocenters. The Balaban J connectivity index is 4.00. The summed E-state index contributed by atoms with van der Waals surface area (Å²) in [7, 11) is -2.45. The van der Waals surface area contributed by atoms with Crippen molar-refractivity contribution in [3.8, 4) is 0 Å². The molecule has 0 bridgehead atoms. The highest BCUT2D eigenvalue weighted by atomic mass is 28.4. The molecule has 6 heteroatoms. The lowest BCUT2D eigenvalue weighted by Gasteiger charge is -2.28. The third-order valence-corrected chi connectivity index (χ3v) is 6.77. The highest BCUT2D eigenvalue weighted by Gasteiger charge is 2.39. The van der Waals surface area contributed by atoms with Crippen molar-refractivity contribution in [3.05, 3.63) is 0 Å². The first-order valence-electron chi connectivity index (χ1n) is 9.52. The first-order valence-corrected chi connectivity index (χ1v) is 11.5. The standard InChI is InChI=1S/C17H40N2O3Si/c1-6-14-19(15-7-2)16-13-18-12-11-17-23(20-8-3,21-9-4)22-10-5/h18H,6-17H2,1-5H3. The molecular formula is C17H40N2O3Si. The van der Waals surface area contributed by atoms with Gasteiger partial charge in [0.05, 0.1) is 0 Å². The summed E-state index contributed by atoms with van der Waals surface area (Å²) >= 11 is 0. The molecular weight excluding hydrogens is 308 g/mol. The maximum absolute atomic E-state index is 5.88. The quantitative estimate of drug-likeness (QED) is 0.323. The molecule has 23 heavy (non-hydrogen) atoms.